The van der Waals surface area contributed by atoms with Crippen molar-refractivity contribution in [2.24, 2.45) is 5.41 Å². The lowest BCUT2D eigenvalue weighted by molar-refractivity contribution is -0.140. The minimum Gasteiger partial charge on any atom is -0.493 e. The Labute approximate surface area is 380 Å². The molecule has 5 nitrogen and oxygen atoms in total. The van der Waals surface area contributed by atoms with Gasteiger partial charge in [0.1, 0.15) is 5.75 Å². The van der Waals surface area contributed by atoms with Crippen molar-refractivity contribution in [2.75, 3.05) is 24.7 Å². The number of aryl methyl sites for hydroxylation is 2. The van der Waals surface area contributed by atoms with Crippen LogP contribution in [0.2, 0.25) is 0 Å². The van der Waals surface area contributed by atoms with Crippen molar-refractivity contribution in [2.45, 2.75) is 258 Å². The van der Waals surface area contributed by atoms with E-state index in [-0.39, 0.29) is 27.5 Å². The van der Waals surface area contributed by atoms with Crippen molar-refractivity contribution in [1.29, 1.82) is 0 Å². The van der Waals surface area contributed by atoms with E-state index in [0.29, 0.717) is 6.61 Å². The molecule has 1 N–H and O–H groups in total. The fourth-order valence-corrected chi connectivity index (χ4v) is 11.0. The van der Waals surface area contributed by atoms with Crippen LogP contribution in [0.4, 0.5) is 0 Å². The molecular weight excluding hydrogens is 781 g/mol. The Hall–Kier alpha value is -1.34. The van der Waals surface area contributed by atoms with E-state index in [0.717, 1.165) is 49.2 Å². The average molecular weight is 877 g/mol. The molecule has 0 aliphatic carbocycles. The van der Waals surface area contributed by atoms with Crippen LogP contribution in [0, 0.1) is 19.3 Å². The first-order chi connectivity index (χ1) is 29.1. The van der Waals surface area contributed by atoms with Gasteiger partial charge in [0.15, 0.2) is 0 Å². The molecule has 0 aliphatic rings. The Morgan fingerprint density at radius 2 is 0.867 bits per heavy atom. The Kier molecular flexibility index (Phi) is 37.1. The molecule has 350 valence electrons. The summed E-state index contributed by atoms with van der Waals surface area (Å²) < 4.78 is 11.9. The molecule has 0 fully saturated rings. The van der Waals surface area contributed by atoms with E-state index in [4.69, 9.17) is 9.47 Å². The van der Waals surface area contributed by atoms with Crippen LogP contribution in [0.5, 0.6) is 5.75 Å². The molecule has 1 atom stereocenters. The molecule has 0 heterocycles. The Balaban J connectivity index is 2.29. The highest BCUT2D eigenvalue weighted by molar-refractivity contribution is 8.17. The van der Waals surface area contributed by atoms with E-state index in [1.807, 2.05) is 0 Å². The third kappa shape index (κ3) is 32.4. The van der Waals surface area contributed by atoms with Gasteiger partial charge in [-0.2, -0.15) is 0 Å². The molecule has 0 saturated heterocycles. The standard InChI is InChI=1S/C53H96O5S2/c1-7-9-11-13-15-17-19-21-23-25-27-29-31-33-35-37-39-57-50(56)45-60-52(59-44-49(54)55)53(5,6)43-48-41-46(3)51(47(4)42-48)58-40-38-36-34-32-30-28-26-24-22-20-18-16-14-12-10-8-2/h41-42,52H,7-40,43-45H2,1-6H3,(H,54,55). The maximum atomic E-state index is 12.7. The molecule has 1 rings (SSSR count). The molecule has 0 spiro atoms. The predicted molar refractivity (Wildman–Crippen MR) is 265 cm³/mol. The lowest BCUT2D eigenvalue weighted by Gasteiger charge is -2.33. The summed E-state index contributed by atoms with van der Waals surface area (Å²) in [6, 6.07) is 4.46. The summed E-state index contributed by atoms with van der Waals surface area (Å²) in [5.41, 5.74) is 3.28. The van der Waals surface area contributed by atoms with Crippen LogP contribution in [0.15, 0.2) is 12.1 Å². The number of aliphatic carboxylic acids is 1. The number of ether oxygens (including phenoxy) is 2. The number of rotatable bonds is 44. The normalized spacial score (nSPS) is 12.2. The average Bonchev–Trinajstić information content (AvgIpc) is 3.20. The number of thioether (sulfide) groups is 2. The third-order valence-corrected chi connectivity index (χ3v) is 15.5. The van der Waals surface area contributed by atoms with E-state index < -0.39 is 5.97 Å². The first kappa shape index (κ1) is 56.7. The zero-order valence-corrected chi connectivity index (χ0v) is 41.9. The molecule has 1 aromatic carbocycles. The minimum absolute atomic E-state index is 0.0134. The van der Waals surface area contributed by atoms with Crippen molar-refractivity contribution < 1.29 is 24.2 Å². The van der Waals surface area contributed by atoms with Gasteiger partial charge in [-0.15, -0.1) is 23.5 Å². The fourth-order valence-electron chi connectivity index (χ4n) is 8.47. The predicted octanol–water partition coefficient (Wildman–Crippen LogP) is 17.2. The lowest BCUT2D eigenvalue weighted by Crippen LogP contribution is -2.29. The van der Waals surface area contributed by atoms with Gasteiger partial charge in [-0.25, -0.2) is 0 Å². The molecular formula is C53H96O5S2. The van der Waals surface area contributed by atoms with Crippen molar-refractivity contribution in [3.05, 3.63) is 28.8 Å². The van der Waals surface area contributed by atoms with Crippen molar-refractivity contribution >= 4 is 35.5 Å². The summed E-state index contributed by atoms with van der Waals surface area (Å²) in [5.74, 6) is 0.222. The highest BCUT2D eigenvalue weighted by Gasteiger charge is 2.32. The summed E-state index contributed by atoms with van der Waals surface area (Å²) in [6.45, 7) is 14.4. The molecule has 0 aromatic heterocycles. The number of unbranched alkanes of at least 4 members (excludes halogenated alkanes) is 30. The summed E-state index contributed by atoms with van der Waals surface area (Å²) >= 11 is 2.95. The third-order valence-electron chi connectivity index (χ3n) is 12.0. The topological polar surface area (TPSA) is 72.8 Å². The number of carbonyl (C=O) groups excluding carboxylic acids is 1. The summed E-state index contributed by atoms with van der Waals surface area (Å²) in [7, 11) is 0. The Bertz CT molecular complexity index is 1150. The number of carbonyl (C=O) groups is 2. The Morgan fingerprint density at radius 3 is 1.23 bits per heavy atom. The van der Waals surface area contributed by atoms with Crippen LogP contribution in [0.25, 0.3) is 0 Å². The SMILES string of the molecule is CCCCCCCCCCCCCCCCCCOC(=O)CSC(SCC(=O)O)C(C)(C)Cc1cc(C)c(OCCCCCCCCCCCCCCCCCC)c(C)c1. The zero-order chi connectivity index (χ0) is 43.9. The molecule has 0 saturated carbocycles. The number of hydrogen-bond donors (Lipinski definition) is 1. The second-order valence-electron chi connectivity index (χ2n) is 18.7. The van der Waals surface area contributed by atoms with Gasteiger partial charge in [0.25, 0.3) is 0 Å². The van der Waals surface area contributed by atoms with Gasteiger partial charge in [-0.3, -0.25) is 9.59 Å². The van der Waals surface area contributed by atoms with Gasteiger partial charge in [0, 0.05) is 0 Å². The lowest BCUT2D eigenvalue weighted by atomic mass is 9.86. The van der Waals surface area contributed by atoms with Crippen LogP contribution in [-0.4, -0.2) is 46.3 Å². The quantitative estimate of drug-likeness (QED) is 0.0398. The van der Waals surface area contributed by atoms with Crippen LogP contribution in [0.3, 0.4) is 0 Å². The first-order valence-electron chi connectivity index (χ1n) is 25.4. The monoisotopic (exact) mass is 877 g/mol. The molecule has 7 heteroatoms. The summed E-state index contributed by atoms with van der Waals surface area (Å²) in [4.78, 5) is 24.3. The highest BCUT2D eigenvalue weighted by atomic mass is 32.2. The van der Waals surface area contributed by atoms with E-state index in [1.165, 1.54) is 215 Å². The smallest absolute Gasteiger partial charge is 0.315 e. The molecule has 0 bridgehead atoms. The second-order valence-corrected chi connectivity index (χ2v) is 21.2. The van der Waals surface area contributed by atoms with Gasteiger partial charge in [-0.05, 0) is 55.2 Å². The molecule has 0 radical (unpaired) electrons. The fraction of sp³-hybridized carbons (Fsp3) is 0.849. The van der Waals surface area contributed by atoms with Crippen molar-refractivity contribution in [3.8, 4) is 5.75 Å². The molecule has 1 aromatic rings. The van der Waals surface area contributed by atoms with Crippen LogP contribution >= 0.6 is 23.5 Å². The van der Waals surface area contributed by atoms with E-state index in [1.54, 1.807) is 0 Å². The van der Waals surface area contributed by atoms with Gasteiger partial charge in [0.05, 0.1) is 29.3 Å². The number of hydrogen-bond acceptors (Lipinski definition) is 6. The van der Waals surface area contributed by atoms with Gasteiger partial charge in [-0.1, -0.05) is 232 Å². The van der Waals surface area contributed by atoms with Crippen LogP contribution < -0.4 is 4.74 Å². The molecule has 0 amide bonds. The molecule has 60 heavy (non-hydrogen) atoms. The molecule has 1 unspecified atom stereocenters. The van der Waals surface area contributed by atoms with Gasteiger partial charge in [0.2, 0.25) is 0 Å². The van der Waals surface area contributed by atoms with E-state index in [2.05, 4.69) is 53.7 Å². The number of esters is 1. The molecule has 0 aliphatic heterocycles. The zero-order valence-electron chi connectivity index (χ0n) is 40.3. The van der Waals surface area contributed by atoms with Crippen LogP contribution in [0.1, 0.15) is 250 Å². The Morgan fingerprint density at radius 1 is 0.533 bits per heavy atom. The number of carboxylic acid groups (broad SMARTS) is 1. The maximum Gasteiger partial charge on any atom is 0.315 e. The second kappa shape index (κ2) is 39.3. The summed E-state index contributed by atoms with van der Waals surface area (Å²) in [5, 5.41) is 9.49. The number of benzene rings is 1. The largest absolute Gasteiger partial charge is 0.493 e. The first-order valence-corrected chi connectivity index (χ1v) is 27.5. The minimum atomic E-state index is -0.829. The van der Waals surface area contributed by atoms with Crippen LogP contribution in [-0.2, 0) is 20.7 Å². The van der Waals surface area contributed by atoms with Gasteiger partial charge >= 0.3 is 11.9 Å². The van der Waals surface area contributed by atoms with Crippen molar-refractivity contribution in [1.82, 2.24) is 0 Å². The highest BCUT2D eigenvalue weighted by Crippen LogP contribution is 2.42. The van der Waals surface area contributed by atoms with Crippen molar-refractivity contribution in [3.63, 3.8) is 0 Å². The maximum absolute atomic E-state index is 12.7. The van der Waals surface area contributed by atoms with Gasteiger partial charge < -0.3 is 14.6 Å². The van der Waals surface area contributed by atoms with E-state index >= 15 is 0 Å². The number of carboxylic acids is 1. The van der Waals surface area contributed by atoms with E-state index in [9.17, 15) is 14.7 Å². The summed E-state index contributed by atoms with van der Waals surface area (Å²) in [6.07, 6.45) is 43.7.